The van der Waals surface area contributed by atoms with E-state index in [1.54, 1.807) is 44.3 Å². The lowest BCUT2D eigenvalue weighted by molar-refractivity contribution is -0.140. The molecule has 852 valence electrons. The van der Waals surface area contributed by atoms with Gasteiger partial charge >= 0.3 is 71.6 Å². The molecule has 0 radical (unpaired) electrons. The summed E-state index contributed by atoms with van der Waals surface area (Å²) in [5, 5.41) is 107. The molecule has 0 saturated heterocycles. The minimum atomic E-state index is -1.15. The van der Waals surface area contributed by atoms with E-state index in [9.17, 15) is 76.7 Å². The van der Waals surface area contributed by atoms with E-state index in [0.29, 0.717) is 129 Å². The van der Waals surface area contributed by atoms with Crippen LogP contribution >= 0.6 is 35.3 Å². The first-order valence-electron chi connectivity index (χ1n) is 46.4. The number of nitrogens with one attached hydrogen (secondary N) is 2. The second-order valence-corrected chi connectivity index (χ2v) is 37.9. The summed E-state index contributed by atoms with van der Waals surface area (Å²) < 4.78 is 15.2. The van der Waals surface area contributed by atoms with Gasteiger partial charge in [-0.05, 0) is 204 Å². The van der Waals surface area contributed by atoms with Gasteiger partial charge in [0.1, 0.15) is 95.6 Å². The maximum absolute atomic E-state index is 11.2. The van der Waals surface area contributed by atoms with Crippen LogP contribution in [0, 0.1) is 0 Å². The van der Waals surface area contributed by atoms with Gasteiger partial charge in [0.15, 0.2) is 0 Å². The van der Waals surface area contributed by atoms with E-state index in [1.807, 2.05) is 55.4 Å². The van der Waals surface area contributed by atoms with Crippen molar-refractivity contribution in [3.8, 4) is 0 Å². The number of carboxylic acid groups (broad SMARTS) is 12. The van der Waals surface area contributed by atoms with Crippen molar-refractivity contribution < 1.29 is 152 Å². The Labute approximate surface area is 881 Å². The van der Waals surface area contributed by atoms with Crippen LogP contribution in [0.4, 0.5) is 0 Å². The van der Waals surface area contributed by atoms with E-state index >= 15 is 0 Å². The normalized spacial score (nSPS) is 12.4. The van der Waals surface area contributed by atoms with Crippen LogP contribution in [0.1, 0.15) is 218 Å². The van der Waals surface area contributed by atoms with Gasteiger partial charge in [-0.2, -0.15) is 35.3 Å². The van der Waals surface area contributed by atoms with E-state index in [4.69, 9.17) is 144 Å². The molecule has 0 rings (SSSR count). The molecule has 0 aromatic heterocycles. The Morgan fingerprint density at radius 3 is 0.905 bits per heavy atom. The Kier molecular flexibility index (Phi) is 118. The number of carbonyl (C=O) groups is 16. The second-order valence-electron chi connectivity index (χ2n) is 34.6. The molecule has 0 aliphatic rings. The van der Waals surface area contributed by atoms with Crippen LogP contribution in [0.15, 0.2) is 134 Å². The maximum Gasteiger partial charge on any atom is 0.322 e. The van der Waals surface area contributed by atoms with Crippen molar-refractivity contribution in [1.29, 1.82) is 0 Å². The highest BCUT2D eigenvalue weighted by atomic mass is 32.2. The topological polar surface area (TPSA) is 880 Å². The lowest BCUT2D eigenvalue weighted by Gasteiger charge is -2.06. The molecule has 45 nitrogen and oxygen atoms in total. The van der Waals surface area contributed by atoms with Gasteiger partial charge in [0.25, 0.3) is 0 Å². The summed E-state index contributed by atoms with van der Waals surface area (Å²) in [5.41, 5.74) is 73.7. The Morgan fingerprint density at radius 1 is 0.252 bits per heavy atom. The maximum atomic E-state index is 11.2. The molecule has 0 bridgehead atoms. The van der Waals surface area contributed by atoms with Gasteiger partial charge in [0.2, 0.25) is 0 Å². The van der Waals surface area contributed by atoms with Crippen molar-refractivity contribution in [2.45, 2.75) is 290 Å². The Bertz CT molecular complexity index is 3660. The van der Waals surface area contributed by atoms with E-state index in [2.05, 4.69) is 83.0 Å². The summed E-state index contributed by atoms with van der Waals surface area (Å²) in [7, 11) is 0. The minimum Gasteiger partial charge on any atom is -0.480 e. The van der Waals surface area contributed by atoms with Crippen molar-refractivity contribution in [3.05, 3.63) is 134 Å². The number of Topliss-reactive ketones (excluding diaryl/α,β-unsaturated/α-hetero) is 4. The molecule has 12 unspecified atom stereocenters. The molecule has 48 heteroatoms. The standard InChI is InChI=1S/C10H17NO3.C9H18N2O2.C9H17NO3.C9H17NO2S.C8H16N2O2.C8H13NO4.C8H13NO3.C8H15NO3.C8H15NO2S.C8H15NO2.C7H13NO3.C7H13NO2S/c1-7(2)6-8(12)4-3-5-9(11)10(13)14;1-7(2)6-11-5-3-4-8(10)9(12)13;2*1-7(2)6-13-5-3-4-8(10)9(11)12;1-6(2)5-10-4-3-7(9)8(11)12;1-5(10)4-6(11)2-3-7(9)8(12)13;1-5(2)3-6(10)4-7(9)8(11)12;2*1-6(2)5-12-4-3-7(9)8(10)11;1-6(2)4-3-5-7(9)8(10)11;2*1-5(2)3-11-4-6(8)7(9)10/h9H,1,3-6,11H2,2H3,(H,13,14);8,11H,1,3-6,10H2,2H3,(H,12,13);2*8H,1,3-6,10H2,2H3,(H,11,12);7,10H,1,3-5,9H2,2H3,(H,11,12);7H,2-4,9H2,1H3,(H,12,13);7H,1,3-4,9H2,2H3,(H,11,12);2*7H,1,3-5,9H2,2H3,(H,10,11);7H,1,3-5,9H2,2H3,(H,10,11);2*6H,1,3-4,8H2,2H3,(H,9,10). The van der Waals surface area contributed by atoms with Crippen molar-refractivity contribution in [2.24, 2.45) is 68.8 Å². The number of carbonyl (C=O) groups excluding carboxylic acids is 4. The Hall–Kier alpha value is -10.2. The first-order chi connectivity index (χ1) is 67.6. The van der Waals surface area contributed by atoms with Crippen molar-refractivity contribution in [1.82, 2.24) is 10.6 Å². The summed E-state index contributed by atoms with van der Waals surface area (Å²) in [6.07, 6.45) is 9.04. The molecular formula is C99H182N14O31S3. The number of hydrogen-bond donors (Lipinski definition) is 26. The van der Waals surface area contributed by atoms with Crippen LogP contribution < -0.4 is 79.4 Å². The highest BCUT2D eigenvalue weighted by molar-refractivity contribution is 7.99. The number of ether oxygens (including phenoxy) is 3. The molecular weight excluding hydrogens is 1980 g/mol. The highest BCUT2D eigenvalue weighted by Gasteiger charge is 2.21. The average Bonchev–Trinajstić information content (AvgIpc) is 0.946. The molecule has 0 aromatic carbocycles. The number of nitrogens with two attached hydrogens (primary N) is 12. The van der Waals surface area contributed by atoms with Gasteiger partial charge in [0, 0.05) is 81.4 Å². The summed E-state index contributed by atoms with van der Waals surface area (Å²) in [6.45, 7) is 67.5. The second kappa shape index (κ2) is 107. The quantitative estimate of drug-likeness (QED) is 0.0165. The number of ketones is 4. The lowest BCUT2D eigenvalue weighted by atomic mass is 10.0. The van der Waals surface area contributed by atoms with E-state index in [0.717, 1.165) is 129 Å². The number of hydrogen-bond acceptors (Lipinski definition) is 36. The molecule has 12 atom stereocenters. The Morgan fingerprint density at radius 2 is 0.551 bits per heavy atom. The third-order valence-electron chi connectivity index (χ3n) is 16.3. The molecule has 0 amide bonds. The lowest BCUT2D eigenvalue weighted by Crippen LogP contribution is -2.35. The SMILES string of the molecule is C=C(C)CC(=O)CC(N)C(=O)O.C=C(C)CC(=O)CCCC(N)C(=O)O.C=C(C)CCCC(N)C(=O)O.C=C(C)CNCCC(N)C(=O)O.C=C(C)CNCCCC(N)C(=O)O.C=C(C)COCC(N)C(=O)O.C=C(C)COCCC(N)C(=O)O.C=C(C)COCCCC(N)C(=O)O.C=C(C)CSCC(N)C(=O)O.C=C(C)CSCCC(N)C(=O)O.C=C(C)CSCCCC(N)C(=O)O.CC(=O)CC(=O)CCC(N)C(=O)O. The predicted octanol–water partition coefficient (Wildman–Crippen LogP) is 7.03. The Balaban J connectivity index is -0.000000135. The largest absolute Gasteiger partial charge is 0.480 e. The smallest absolute Gasteiger partial charge is 0.322 e. The van der Waals surface area contributed by atoms with Crippen LogP contribution in [0.2, 0.25) is 0 Å². The van der Waals surface area contributed by atoms with Crippen molar-refractivity contribution >= 4 is 130 Å². The fourth-order valence-electron chi connectivity index (χ4n) is 8.49. The van der Waals surface area contributed by atoms with Crippen LogP contribution in [0.25, 0.3) is 0 Å². The van der Waals surface area contributed by atoms with E-state index in [1.165, 1.54) is 18.7 Å². The number of carboxylic acids is 12. The molecule has 38 N–H and O–H groups in total. The minimum absolute atomic E-state index is 0.0300. The van der Waals surface area contributed by atoms with E-state index in [-0.39, 0.29) is 61.8 Å². The first kappa shape index (κ1) is 162. The molecule has 0 fully saturated rings. The molecule has 0 spiro atoms. The monoisotopic (exact) mass is 2160 g/mol. The molecule has 0 aliphatic heterocycles. The third-order valence-corrected chi connectivity index (χ3v) is 20.1. The third kappa shape index (κ3) is 149. The van der Waals surface area contributed by atoms with Gasteiger partial charge in [-0.25, -0.2) is 0 Å². The number of aliphatic carboxylic acids is 12. The fourth-order valence-corrected chi connectivity index (χ4v) is 11.1. The summed E-state index contributed by atoms with van der Waals surface area (Å²) in [5.74, 6) is -7.66. The van der Waals surface area contributed by atoms with Crippen molar-refractivity contribution in [3.63, 3.8) is 0 Å². The zero-order valence-electron chi connectivity index (χ0n) is 88.6. The van der Waals surface area contributed by atoms with Gasteiger partial charge in [-0.15, -0.1) is 6.58 Å². The van der Waals surface area contributed by atoms with E-state index < -0.39 is 144 Å². The van der Waals surface area contributed by atoms with Gasteiger partial charge < -0.3 is 155 Å². The predicted molar refractivity (Wildman–Crippen MR) is 583 cm³/mol. The number of allylic oxidation sites excluding steroid dienone is 3. The molecule has 0 aliphatic carbocycles. The molecule has 0 saturated carbocycles. The van der Waals surface area contributed by atoms with Crippen molar-refractivity contribution in [2.75, 3.05) is 100 Å². The van der Waals surface area contributed by atoms with Crippen LogP contribution in [-0.2, 0) is 90.9 Å². The molecule has 0 aromatic rings. The molecule has 0 heterocycles. The van der Waals surface area contributed by atoms with Crippen LogP contribution in [-0.4, -0.2) is 329 Å². The summed E-state index contributed by atoms with van der Waals surface area (Å²) in [4.78, 5) is 167. The van der Waals surface area contributed by atoms with Gasteiger partial charge in [-0.3, -0.25) is 76.7 Å². The first-order valence-corrected chi connectivity index (χ1v) is 49.9. The average molecular weight is 2160 g/mol. The number of rotatable bonds is 72. The highest BCUT2D eigenvalue weighted by Crippen LogP contribution is 2.13. The summed E-state index contributed by atoms with van der Waals surface area (Å²) >= 11 is 4.92. The molecule has 147 heavy (non-hydrogen) atoms. The van der Waals surface area contributed by atoms with Gasteiger partial charge in [-0.1, -0.05) is 127 Å². The summed E-state index contributed by atoms with van der Waals surface area (Å²) in [6, 6.07) is -9.87. The number of thioether (sulfide) groups is 3. The van der Waals surface area contributed by atoms with Crippen LogP contribution in [0.3, 0.4) is 0 Å². The van der Waals surface area contributed by atoms with Gasteiger partial charge in [0.05, 0.1) is 32.8 Å². The van der Waals surface area contributed by atoms with Crippen LogP contribution in [0.5, 0.6) is 0 Å². The fraction of sp³-hybridized carbons (Fsp3) is 0.616. The zero-order valence-corrected chi connectivity index (χ0v) is 91.1. The zero-order chi connectivity index (χ0) is 117.